The van der Waals surface area contributed by atoms with Crippen LogP contribution in [0.3, 0.4) is 0 Å². The van der Waals surface area contributed by atoms with Gasteiger partial charge in [0.05, 0.1) is 0 Å². The van der Waals surface area contributed by atoms with Crippen LogP contribution in [-0.4, -0.2) is 11.6 Å². The Balaban J connectivity index is 2.07. The van der Waals surface area contributed by atoms with Crippen molar-refractivity contribution in [2.45, 2.75) is 13.8 Å². The van der Waals surface area contributed by atoms with Gasteiger partial charge in [-0.2, -0.15) is 0 Å². The van der Waals surface area contributed by atoms with Crippen molar-refractivity contribution in [2.75, 3.05) is 0 Å². The van der Waals surface area contributed by atoms with Crippen LogP contribution in [0.1, 0.15) is 34.6 Å². The highest BCUT2D eigenvalue weighted by atomic mass is 31.1. The Morgan fingerprint density at radius 3 is 1.28 bits per heavy atom. The molecule has 0 spiro atoms. The molecule has 0 amide bonds. The van der Waals surface area contributed by atoms with Crippen LogP contribution >= 0.6 is 7.92 Å². The highest BCUT2D eigenvalue weighted by molar-refractivity contribution is 7.79. The third-order valence-corrected chi connectivity index (χ3v) is 6.52. The summed E-state index contributed by atoms with van der Waals surface area (Å²) in [6.45, 7) is 3.16. The van der Waals surface area contributed by atoms with Crippen molar-refractivity contribution in [1.82, 2.24) is 0 Å². The average Bonchev–Trinajstić information content (AvgIpc) is 2.64. The lowest BCUT2D eigenvalue weighted by Gasteiger charge is -2.19. The smallest absolute Gasteiger partial charge is 0.159 e. The minimum Gasteiger partial charge on any atom is -0.295 e. The van der Waals surface area contributed by atoms with Crippen molar-refractivity contribution in [3.05, 3.63) is 90.0 Å². The van der Waals surface area contributed by atoms with Crippen molar-refractivity contribution >= 4 is 35.4 Å². The zero-order valence-corrected chi connectivity index (χ0v) is 15.2. The van der Waals surface area contributed by atoms with Gasteiger partial charge in [-0.1, -0.05) is 78.9 Å². The lowest BCUT2D eigenvalue weighted by molar-refractivity contribution is 0.100. The number of carbonyl (C=O) groups excluding carboxylic acids is 2. The van der Waals surface area contributed by atoms with E-state index in [0.29, 0.717) is 0 Å². The molecule has 124 valence electrons. The standard InChI is InChI=1S/C22H19O2P/c1-16(23)18-8-12-21(13-9-18)25(20-6-4-3-5-7-20)22-14-10-19(11-15-22)17(2)24/h3-15H,1-2H3. The molecule has 0 radical (unpaired) electrons. The first-order valence-corrected chi connectivity index (χ1v) is 9.47. The van der Waals surface area contributed by atoms with E-state index in [1.807, 2.05) is 66.7 Å². The van der Waals surface area contributed by atoms with Gasteiger partial charge in [-0.3, -0.25) is 9.59 Å². The lowest BCUT2D eigenvalue weighted by atomic mass is 10.1. The number of ketones is 2. The predicted octanol–water partition coefficient (Wildman–Crippen LogP) is 3.85. The molecule has 0 atom stereocenters. The number of carbonyl (C=O) groups is 2. The van der Waals surface area contributed by atoms with E-state index in [1.165, 1.54) is 15.9 Å². The molecular formula is C22H19O2P. The Morgan fingerprint density at radius 2 is 0.920 bits per heavy atom. The van der Waals surface area contributed by atoms with E-state index in [2.05, 4.69) is 12.1 Å². The van der Waals surface area contributed by atoms with Gasteiger partial charge in [0.2, 0.25) is 0 Å². The first-order chi connectivity index (χ1) is 12.1. The number of Topliss-reactive ketones (excluding diaryl/α,β-unsaturated/α-hetero) is 2. The van der Waals surface area contributed by atoms with E-state index < -0.39 is 7.92 Å². The molecule has 0 bridgehead atoms. The number of hydrogen-bond acceptors (Lipinski definition) is 2. The number of benzene rings is 3. The minimum atomic E-state index is -0.732. The molecule has 0 aromatic heterocycles. The molecule has 0 aliphatic carbocycles. The zero-order chi connectivity index (χ0) is 17.8. The molecule has 3 heteroatoms. The van der Waals surface area contributed by atoms with Crippen LogP contribution in [0.25, 0.3) is 0 Å². The van der Waals surface area contributed by atoms with Gasteiger partial charge >= 0.3 is 0 Å². The molecule has 0 fully saturated rings. The SMILES string of the molecule is CC(=O)c1ccc(P(c2ccccc2)c2ccc(C(C)=O)cc2)cc1. The van der Waals surface area contributed by atoms with Crippen molar-refractivity contribution in [3.8, 4) is 0 Å². The summed E-state index contributed by atoms with van der Waals surface area (Å²) in [5.74, 6) is 0.141. The average molecular weight is 346 g/mol. The van der Waals surface area contributed by atoms with Gasteiger partial charge in [-0.05, 0) is 37.7 Å². The summed E-state index contributed by atoms with van der Waals surface area (Å²) in [6, 6.07) is 26.0. The largest absolute Gasteiger partial charge is 0.295 e. The second-order valence-electron chi connectivity index (χ2n) is 5.88. The second-order valence-corrected chi connectivity index (χ2v) is 8.10. The molecular weight excluding hydrogens is 327 g/mol. The number of rotatable bonds is 5. The molecule has 0 aliphatic rings. The Labute approximate surface area is 149 Å². The minimum absolute atomic E-state index is 0.0707. The molecule has 0 saturated carbocycles. The molecule has 0 heterocycles. The first-order valence-electron chi connectivity index (χ1n) is 8.13. The Kier molecular flexibility index (Phi) is 5.21. The van der Waals surface area contributed by atoms with Crippen molar-refractivity contribution in [3.63, 3.8) is 0 Å². The van der Waals surface area contributed by atoms with Crippen LogP contribution in [0.4, 0.5) is 0 Å². The number of hydrogen-bond donors (Lipinski definition) is 0. The van der Waals surface area contributed by atoms with Crippen LogP contribution < -0.4 is 15.9 Å². The van der Waals surface area contributed by atoms with E-state index in [1.54, 1.807) is 13.8 Å². The maximum absolute atomic E-state index is 11.5. The molecule has 3 rings (SSSR count). The third kappa shape index (κ3) is 3.92. The Bertz CT molecular complexity index is 824. The zero-order valence-electron chi connectivity index (χ0n) is 14.3. The Hall–Kier alpha value is -2.57. The lowest BCUT2D eigenvalue weighted by Crippen LogP contribution is -2.21. The van der Waals surface area contributed by atoms with Gasteiger partial charge < -0.3 is 0 Å². The quantitative estimate of drug-likeness (QED) is 0.519. The summed E-state index contributed by atoms with van der Waals surface area (Å²) >= 11 is 0. The van der Waals surface area contributed by atoms with E-state index in [-0.39, 0.29) is 11.6 Å². The fraction of sp³-hybridized carbons (Fsp3) is 0.0909. The molecule has 3 aromatic carbocycles. The fourth-order valence-corrected chi connectivity index (χ4v) is 4.97. The summed E-state index contributed by atoms with van der Waals surface area (Å²) in [7, 11) is -0.732. The van der Waals surface area contributed by atoms with Gasteiger partial charge in [-0.25, -0.2) is 0 Å². The normalized spacial score (nSPS) is 10.7. The molecule has 0 unspecified atom stereocenters. The maximum atomic E-state index is 11.5. The van der Waals surface area contributed by atoms with Crippen molar-refractivity contribution in [2.24, 2.45) is 0 Å². The van der Waals surface area contributed by atoms with Gasteiger partial charge in [-0.15, -0.1) is 0 Å². The van der Waals surface area contributed by atoms with Gasteiger partial charge in [0.1, 0.15) is 0 Å². The first kappa shape index (κ1) is 17.3. The van der Waals surface area contributed by atoms with Crippen LogP contribution in [-0.2, 0) is 0 Å². The summed E-state index contributed by atoms with van der Waals surface area (Å²) in [5, 5.41) is 3.60. The predicted molar refractivity (Wildman–Crippen MR) is 105 cm³/mol. The maximum Gasteiger partial charge on any atom is 0.159 e. The van der Waals surface area contributed by atoms with Gasteiger partial charge in [0, 0.05) is 11.1 Å². The Morgan fingerprint density at radius 1 is 0.560 bits per heavy atom. The van der Waals surface area contributed by atoms with Crippen LogP contribution in [0.5, 0.6) is 0 Å². The van der Waals surface area contributed by atoms with Gasteiger partial charge in [0.25, 0.3) is 0 Å². The van der Waals surface area contributed by atoms with Crippen LogP contribution in [0.2, 0.25) is 0 Å². The topological polar surface area (TPSA) is 34.1 Å². The fourth-order valence-electron chi connectivity index (χ4n) is 2.71. The molecule has 0 saturated heterocycles. The highest BCUT2D eigenvalue weighted by Gasteiger charge is 2.17. The molecule has 0 aliphatic heterocycles. The summed E-state index contributed by atoms with van der Waals surface area (Å²) in [6.07, 6.45) is 0. The van der Waals surface area contributed by atoms with E-state index in [0.717, 1.165) is 11.1 Å². The second kappa shape index (κ2) is 7.55. The highest BCUT2D eigenvalue weighted by Crippen LogP contribution is 2.32. The van der Waals surface area contributed by atoms with E-state index >= 15 is 0 Å². The summed E-state index contributed by atoms with van der Waals surface area (Å²) in [5.41, 5.74) is 1.44. The summed E-state index contributed by atoms with van der Waals surface area (Å²) in [4.78, 5) is 23.1. The van der Waals surface area contributed by atoms with Gasteiger partial charge in [0.15, 0.2) is 11.6 Å². The van der Waals surface area contributed by atoms with Crippen molar-refractivity contribution < 1.29 is 9.59 Å². The molecule has 25 heavy (non-hydrogen) atoms. The molecule has 0 N–H and O–H groups in total. The van der Waals surface area contributed by atoms with E-state index in [4.69, 9.17) is 0 Å². The van der Waals surface area contributed by atoms with E-state index in [9.17, 15) is 9.59 Å². The summed E-state index contributed by atoms with van der Waals surface area (Å²) < 4.78 is 0. The molecule has 2 nitrogen and oxygen atoms in total. The third-order valence-electron chi connectivity index (χ3n) is 4.08. The van der Waals surface area contributed by atoms with Crippen LogP contribution in [0, 0.1) is 0 Å². The van der Waals surface area contributed by atoms with Crippen molar-refractivity contribution in [1.29, 1.82) is 0 Å². The monoisotopic (exact) mass is 346 g/mol. The van der Waals surface area contributed by atoms with Crippen LogP contribution in [0.15, 0.2) is 78.9 Å². The molecule has 3 aromatic rings.